The zero-order valence-electron chi connectivity index (χ0n) is 11.9. The Hall–Kier alpha value is -1.14. The molecular formula is C13H25N5O. The first-order valence-electron chi connectivity index (χ1n) is 7.07. The summed E-state index contributed by atoms with van der Waals surface area (Å²) in [6.07, 6.45) is 3.43. The lowest BCUT2D eigenvalue weighted by molar-refractivity contribution is 0.184. The van der Waals surface area contributed by atoms with Crippen LogP contribution in [-0.2, 0) is 6.42 Å². The van der Waals surface area contributed by atoms with Gasteiger partial charge < -0.3 is 15.7 Å². The highest BCUT2D eigenvalue weighted by molar-refractivity contribution is 5.30. The van der Waals surface area contributed by atoms with Crippen LogP contribution < -0.4 is 10.6 Å². The predicted octanol–water partition coefficient (Wildman–Crippen LogP) is 0.683. The third-order valence-electron chi connectivity index (χ3n) is 3.88. The van der Waals surface area contributed by atoms with E-state index in [0.717, 1.165) is 37.7 Å². The molecule has 0 aliphatic carbocycles. The second-order valence-electron chi connectivity index (χ2n) is 6.01. The summed E-state index contributed by atoms with van der Waals surface area (Å²) in [6.45, 7) is 6.61. The van der Waals surface area contributed by atoms with Crippen LogP contribution >= 0.6 is 0 Å². The number of aryl methyl sites for hydroxylation is 1. The van der Waals surface area contributed by atoms with Crippen molar-refractivity contribution in [2.24, 2.45) is 11.1 Å². The van der Waals surface area contributed by atoms with E-state index in [-0.39, 0.29) is 11.5 Å². The highest BCUT2D eigenvalue weighted by atomic mass is 16.3. The summed E-state index contributed by atoms with van der Waals surface area (Å²) >= 11 is 0. The van der Waals surface area contributed by atoms with Gasteiger partial charge in [-0.25, -0.2) is 0 Å². The number of anilines is 1. The molecule has 0 bridgehead atoms. The van der Waals surface area contributed by atoms with Crippen LogP contribution in [0, 0.1) is 5.41 Å². The average Bonchev–Trinajstić information content (AvgIpc) is 2.85. The number of H-pyrrole nitrogens is 1. The van der Waals surface area contributed by atoms with Gasteiger partial charge in [0.25, 0.3) is 0 Å². The third-order valence-corrected chi connectivity index (χ3v) is 3.88. The summed E-state index contributed by atoms with van der Waals surface area (Å²) in [4.78, 5) is 6.72. The van der Waals surface area contributed by atoms with Gasteiger partial charge in [0.1, 0.15) is 5.82 Å². The number of aromatic nitrogens is 3. The Morgan fingerprint density at radius 3 is 3.05 bits per heavy atom. The maximum atomic E-state index is 9.28. The molecule has 1 saturated heterocycles. The van der Waals surface area contributed by atoms with Gasteiger partial charge in [0, 0.05) is 19.5 Å². The first kappa shape index (κ1) is 14.3. The quantitative estimate of drug-likeness (QED) is 0.730. The summed E-state index contributed by atoms with van der Waals surface area (Å²) in [5.41, 5.74) is 6.03. The van der Waals surface area contributed by atoms with Crippen LogP contribution in [-0.4, -0.2) is 46.0 Å². The maximum absolute atomic E-state index is 9.28. The number of aliphatic hydroxyl groups is 1. The van der Waals surface area contributed by atoms with Gasteiger partial charge in [-0.15, -0.1) is 5.10 Å². The number of nitrogens with zero attached hydrogens (tertiary/aromatic N) is 3. The minimum Gasteiger partial charge on any atom is -0.393 e. The Balaban J connectivity index is 1.98. The predicted molar refractivity (Wildman–Crippen MR) is 75.0 cm³/mol. The van der Waals surface area contributed by atoms with Gasteiger partial charge in [-0.3, -0.25) is 5.10 Å². The lowest BCUT2D eigenvalue weighted by Crippen LogP contribution is -2.46. The Morgan fingerprint density at radius 2 is 2.37 bits per heavy atom. The lowest BCUT2D eigenvalue weighted by atomic mass is 9.82. The summed E-state index contributed by atoms with van der Waals surface area (Å²) in [5.74, 6) is 1.61. The molecule has 2 rings (SSSR count). The molecular weight excluding hydrogens is 242 g/mol. The molecule has 0 radical (unpaired) electrons. The van der Waals surface area contributed by atoms with Gasteiger partial charge in [-0.1, -0.05) is 6.92 Å². The average molecular weight is 267 g/mol. The van der Waals surface area contributed by atoms with Crippen LogP contribution in [0.15, 0.2) is 0 Å². The topological polar surface area (TPSA) is 91.1 Å². The van der Waals surface area contributed by atoms with E-state index < -0.39 is 0 Å². The Morgan fingerprint density at radius 1 is 1.58 bits per heavy atom. The summed E-state index contributed by atoms with van der Waals surface area (Å²) < 4.78 is 0. The van der Waals surface area contributed by atoms with Gasteiger partial charge in [0.2, 0.25) is 5.95 Å². The van der Waals surface area contributed by atoms with Gasteiger partial charge >= 0.3 is 0 Å². The number of hydrogen-bond donors (Lipinski definition) is 3. The van der Waals surface area contributed by atoms with Gasteiger partial charge in [0.15, 0.2) is 0 Å². The molecule has 0 saturated carbocycles. The zero-order valence-corrected chi connectivity index (χ0v) is 11.9. The molecule has 0 spiro atoms. The minimum atomic E-state index is -0.302. The van der Waals surface area contributed by atoms with Gasteiger partial charge in [0.05, 0.1) is 6.10 Å². The fourth-order valence-electron chi connectivity index (χ4n) is 2.54. The summed E-state index contributed by atoms with van der Waals surface area (Å²) in [6, 6.07) is 0. The van der Waals surface area contributed by atoms with E-state index in [2.05, 4.69) is 27.0 Å². The molecule has 0 aromatic carbocycles. The number of aromatic amines is 1. The van der Waals surface area contributed by atoms with Gasteiger partial charge in [-0.2, -0.15) is 4.98 Å². The maximum Gasteiger partial charge on any atom is 0.244 e. The molecule has 1 aliphatic heterocycles. The molecule has 1 fully saturated rings. The van der Waals surface area contributed by atoms with Crippen molar-refractivity contribution >= 4 is 5.95 Å². The van der Waals surface area contributed by atoms with Crippen molar-refractivity contribution in [1.29, 1.82) is 0 Å². The standard InChI is InChI=1S/C13H25N5O/c1-10(19)4-5-11-15-12(17-16-11)18-7-3-6-13(2,8-14)9-18/h10,19H,3-9,14H2,1-2H3,(H,15,16,17). The van der Waals surface area contributed by atoms with Crippen LogP contribution in [0.2, 0.25) is 0 Å². The summed E-state index contributed by atoms with van der Waals surface area (Å²) in [7, 11) is 0. The lowest BCUT2D eigenvalue weighted by Gasteiger charge is -2.39. The van der Waals surface area contributed by atoms with E-state index >= 15 is 0 Å². The van der Waals surface area contributed by atoms with Crippen LogP contribution in [0.25, 0.3) is 0 Å². The molecule has 4 N–H and O–H groups in total. The third kappa shape index (κ3) is 3.67. The van der Waals surface area contributed by atoms with E-state index in [1.54, 1.807) is 6.92 Å². The van der Waals surface area contributed by atoms with Crippen molar-refractivity contribution < 1.29 is 5.11 Å². The van der Waals surface area contributed by atoms with Gasteiger partial charge in [-0.05, 0) is 38.1 Å². The molecule has 2 unspecified atom stereocenters. The highest BCUT2D eigenvalue weighted by Gasteiger charge is 2.31. The van der Waals surface area contributed by atoms with Crippen molar-refractivity contribution in [1.82, 2.24) is 15.2 Å². The largest absolute Gasteiger partial charge is 0.393 e. The van der Waals surface area contributed by atoms with E-state index in [1.165, 1.54) is 6.42 Å². The Labute approximate surface area is 114 Å². The van der Waals surface area contributed by atoms with Crippen LogP contribution in [0.3, 0.4) is 0 Å². The first-order valence-corrected chi connectivity index (χ1v) is 7.07. The fraction of sp³-hybridized carbons (Fsp3) is 0.846. The molecule has 2 heterocycles. The Bertz CT molecular complexity index is 405. The molecule has 0 amide bonds. The second-order valence-corrected chi connectivity index (χ2v) is 6.01. The van der Waals surface area contributed by atoms with E-state index in [0.29, 0.717) is 13.0 Å². The van der Waals surface area contributed by atoms with E-state index in [1.807, 2.05) is 0 Å². The van der Waals surface area contributed by atoms with Crippen molar-refractivity contribution in [3.05, 3.63) is 5.82 Å². The molecule has 1 aliphatic rings. The molecule has 6 nitrogen and oxygen atoms in total. The smallest absolute Gasteiger partial charge is 0.244 e. The number of aliphatic hydroxyl groups excluding tert-OH is 1. The van der Waals surface area contributed by atoms with Crippen molar-refractivity contribution in [2.75, 3.05) is 24.5 Å². The molecule has 19 heavy (non-hydrogen) atoms. The van der Waals surface area contributed by atoms with E-state index in [4.69, 9.17) is 5.73 Å². The normalized spacial score (nSPS) is 25.6. The first-order chi connectivity index (χ1) is 9.02. The number of rotatable bonds is 5. The number of hydrogen-bond acceptors (Lipinski definition) is 5. The molecule has 6 heteroatoms. The molecule has 108 valence electrons. The fourth-order valence-corrected chi connectivity index (χ4v) is 2.54. The Kier molecular flexibility index (Phi) is 4.42. The van der Waals surface area contributed by atoms with E-state index in [9.17, 15) is 5.11 Å². The SMILES string of the molecule is CC(O)CCc1nc(N2CCCC(C)(CN)C2)n[nH]1. The molecule has 1 aromatic rings. The number of piperidine rings is 1. The number of nitrogens with two attached hydrogens (primary N) is 1. The zero-order chi connectivity index (χ0) is 13.9. The van der Waals surface area contributed by atoms with Crippen LogP contribution in [0.1, 0.15) is 38.9 Å². The molecule has 2 atom stereocenters. The summed E-state index contributed by atoms with van der Waals surface area (Å²) in [5, 5.41) is 16.5. The second kappa shape index (κ2) is 5.88. The van der Waals surface area contributed by atoms with Crippen molar-refractivity contribution in [3.8, 4) is 0 Å². The van der Waals surface area contributed by atoms with Crippen molar-refractivity contribution in [3.63, 3.8) is 0 Å². The monoisotopic (exact) mass is 267 g/mol. The highest BCUT2D eigenvalue weighted by Crippen LogP contribution is 2.29. The minimum absolute atomic E-state index is 0.165. The molecule has 1 aromatic heterocycles. The van der Waals surface area contributed by atoms with Crippen molar-refractivity contribution in [2.45, 2.75) is 45.6 Å². The van der Waals surface area contributed by atoms with Crippen LogP contribution in [0.5, 0.6) is 0 Å². The number of nitrogens with one attached hydrogen (secondary N) is 1. The van der Waals surface area contributed by atoms with Crippen LogP contribution in [0.4, 0.5) is 5.95 Å².